The lowest BCUT2D eigenvalue weighted by Gasteiger charge is -2.22. The lowest BCUT2D eigenvalue weighted by Crippen LogP contribution is -2.36. The summed E-state index contributed by atoms with van der Waals surface area (Å²) < 4.78 is 0. The average Bonchev–Trinajstić information content (AvgIpc) is 3.07. The summed E-state index contributed by atoms with van der Waals surface area (Å²) in [5.41, 5.74) is 0. The number of hydrogen-bond donors (Lipinski definition) is 2. The molecule has 4 nitrogen and oxygen atoms in total. The largest absolute Gasteiger partial charge is 0.349 e. The summed E-state index contributed by atoms with van der Waals surface area (Å²) in [4.78, 5) is 25.9. The molecular weight excluding hydrogens is 308 g/mol. The third kappa shape index (κ3) is 4.56. The topological polar surface area (TPSA) is 58.2 Å². The second kappa shape index (κ2) is 7.95. The zero-order valence-corrected chi connectivity index (χ0v) is 14.4. The van der Waals surface area contributed by atoms with Crippen LogP contribution >= 0.6 is 11.3 Å². The number of amides is 2. The van der Waals surface area contributed by atoms with Gasteiger partial charge in [-0.3, -0.25) is 9.59 Å². The molecule has 1 heterocycles. The van der Waals surface area contributed by atoms with E-state index in [4.69, 9.17) is 0 Å². The lowest BCUT2D eigenvalue weighted by atomic mass is 9.95. The molecule has 0 aliphatic heterocycles. The van der Waals surface area contributed by atoms with Crippen molar-refractivity contribution in [3.05, 3.63) is 21.9 Å². The Bertz CT molecular complexity index is 496. The Morgan fingerprint density at radius 2 is 1.13 bits per heavy atom. The number of carbonyl (C=O) groups excluding carboxylic acids is 2. The summed E-state index contributed by atoms with van der Waals surface area (Å²) in [5.74, 6) is -0.0581. The van der Waals surface area contributed by atoms with Crippen LogP contribution in [0.5, 0.6) is 0 Å². The van der Waals surface area contributed by atoms with Crippen LogP contribution < -0.4 is 10.6 Å². The predicted molar refractivity (Wildman–Crippen MR) is 93.0 cm³/mol. The fourth-order valence-corrected chi connectivity index (χ4v) is 4.40. The molecule has 23 heavy (non-hydrogen) atoms. The van der Waals surface area contributed by atoms with E-state index < -0.39 is 0 Å². The van der Waals surface area contributed by atoms with Crippen LogP contribution in [0.4, 0.5) is 0 Å². The van der Waals surface area contributed by atoms with Crippen LogP contribution in [0, 0.1) is 0 Å². The minimum atomic E-state index is -0.0291. The smallest absolute Gasteiger partial charge is 0.261 e. The van der Waals surface area contributed by atoms with Crippen LogP contribution in [0.1, 0.15) is 83.6 Å². The van der Waals surface area contributed by atoms with Crippen molar-refractivity contribution in [2.45, 2.75) is 76.3 Å². The molecule has 2 amide bonds. The van der Waals surface area contributed by atoms with E-state index in [1.807, 2.05) is 0 Å². The molecule has 1 aromatic rings. The van der Waals surface area contributed by atoms with Gasteiger partial charge >= 0.3 is 0 Å². The Morgan fingerprint density at radius 3 is 1.52 bits per heavy atom. The van der Waals surface area contributed by atoms with Crippen LogP contribution in [0.15, 0.2) is 12.1 Å². The van der Waals surface area contributed by atoms with Crippen molar-refractivity contribution in [3.63, 3.8) is 0 Å². The Morgan fingerprint density at radius 1 is 0.739 bits per heavy atom. The molecule has 2 saturated carbocycles. The third-order valence-corrected chi connectivity index (χ3v) is 6.02. The monoisotopic (exact) mass is 334 g/mol. The molecule has 126 valence electrons. The second-order valence-corrected chi connectivity index (χ2v) is 7.86. The van der Waals surface area contributed by atoms with Crippen molar-refractivity contribution in [2.75, 3.05) is 0 Å². The summed E-state index contributed by atoms with van der Waals surface area (Å²) in [6.07, 6.45) is 11.6. The number of carbonyl (C=O) groups is 2. The molecule has 0 radical (unpaired) electrons. The van der Waals surface area contributed by atoms with Crippen molar-refractivity contribution in [1.82, 2.24) is 10.6 Å². The third-order valence-electron chi connectivity index (χ3n) is 4.93. The van der Waals surface area contributed by atoms with Gasteiger partial charge in [-0.15, -0.1) is 11.3 Å². The van der Waals surface area contributed by atoms with Gasteiger partial charge in [0.15, 0.2) is 0 Å². The molecule has 3 rings (SSSR count). The van der Waals surface area contributed by atoms with Gasteiger partial charge < -0.3 is 10.6 Å². The highest BCUT2D eigenvalue weighted by Crippen LogP contribution is 2.22. The summed E-state index contributed by atoms with van der Waals surface area (Å²) in [6.45, 7) is 0. The molecule has 0 bridgehead atoms. The summed E-state index contributed by atoms with van der Waals surface area (Å²) >= 11 is 1.30. The fourth-order valence-electron chi connectivity index (χ4n) is 3.59. The molecule has 0 unspecified atom stereocenters. The molecule has 0 saturated heterocycles. The molecule has 5 heteroatoms. The molecule has 0 atom stereocenters. The van der Waals surface area contributed by atoms with E-state index in [0.717, 1.165) is 25.7 Å². The molecular formula is C18H26N2O2S. The van der Waals surface area contributed by atoms with Gasteiger partial charge in [-0.05, 0) is 37.8 Å². The van der Waals surface area contributed by atoms with Gasteiger partial charge in [0.25, 0.3) is 11.8 Å². The van der Waals surface area contributed by atoms with Crippen LogP contribution in [0.25, 0.3) is 0 Å². The molecule has 2 N–H and O–H groups in total. The number of nitrogens with one attached hydrogen (secondary N) is 2. The van der Waals surface area contributed by atoms with E-state index in [2.05, 4.69) is 10.6 Å². The van der Waals surface area contributed by atoms with Crippen molar-refractivity contribution in [2.24, 2.45) is 0 Å². The highest BCUT2D eigenvalue weighted by molar-refractivity contribution is 7.15. The summed E-state index contributed by atoms with van der Waals surface area (Å²) in [7, 11) is 0. The highest BCUT2D eigenvalue weighted by atomic mass is 32.1. The predicted octanol–water partition coefficient (Wildman–Crippen LogP) is 3.87. The van der Waals surface area contributed by atoms with Crippen molar-refractivity contribution < 1.29 is 9.59 Å². The first-order chi connectivity index (χ1) is 11.2. The Hall–Kier alpha value is -1.36. The maximum atomic E-state index is 12.3. The number of thiophene rings is 1. The first kappa shape index (κ1) is 16.5. The summed E-state index contributed by atoms with van der Waals surface area (Å²) in [5, 5.41) is 6.22. The second-order valence-electron chi connectivity index (χ2n) is 6.78. The van der Waals surface area contributed by atoms with Crippen LogP contribution in [-0.2, 0) is 0 Å². The fraction of sp³-hybridized carbons (Fsp3) is 0.667. The zero-order chi connectivity index (χ0) is 16.1. The van der Waals surface area contributed by atoms with Gasteiger partial charge in [-0.1, -0.05) is 38.5 Å². The van der Waals surface area contributed by atoms with E-state index >= 15 is 0 Å². The minimum absolute atomic E-state index is 0.0291. The van der Waals surface area contributed by atoms with Gasteiger partial charge in [-0.25, -0.2) is 0 Å². The SMILES string of the molecule is O=C(NC1CCCCC1)c1ccc(C(=O)NC2CCCCC2)s1. The zero-order valence-electron chi connectivity index (χ0n) is 13.6. The molecule has 1 aromatic heterocycles. The van der Waals surface area contributed by atoms with Crippen LogP contribution in [0.2, 0.25) is 0 Å². The molecule has 0 aromatic carbocycles. The van der Waals surface area contributed by atoms with E-state index in [9.17, 15) is 9.59 Å². The standard InChI is InChI=1S/C18H26N2O2S/c21-17(19-13-7-3-1-4-8-13)15-11-12-16(23-15)18(22)20-14-9-5-2-6-10-14/h11-14H,1-10H2,(H,19,21)(H,20,22). The van der Waals surface area contributed by atoms with Gasteiger partial charge in [0.05, 0.1) is 9.75 Å². The van der Waals surface area contributed by atoms with Gasteiger partial charge in [0.2, 0.25) is 0 Å². The molecule has 2 aliphatic rings. The lowest BCUT2D eigenvalue weighted by molar-refractivity contribution is 0.0924. The number of rotatable bonds is 4. The molecule has 2 fully saturated rings. The Kier molecular flexibility index (Phi) is 5.70. The van der Waals surface area contributed by atoms with Gasteiger partial charge in [0, 0.05) is 12.1 Å². The minimum Gasteiger partial charge on any atom is -0.349 e. The number of hydrogen-bond acceptors (Lipinski definition) is 3. The van der Waals surface area contributed by atoms with E-state index in [0.29, 0.717) is 21.8 Å². The average molecular weight is 334 g/mol. The van der Waals surface area contributed by atoms with E-state index in [1.54, 1.807) is 12.1 Å². The van der Waals surface area contributed by atoms with Gasteiger partial charge in [-0.2, -0.15) is 0 Å². The van der Waals surface area contributed by atoms with Crippen LogP contribution in [-0.4, -0.2) is 23.9 Å². The van der Waals surface area contributed by atoms with Crippen molar-refractivity contribution in [1.29, 1.82) is 0 Å². The molecule has 0 spiro atoms. The Labute approximate surface area is 142 Å². The first-order valence-electron chi connectivity index (χ1n) is 8.94. The first-order valence-corrected chi connectivity index (χ1v) is 9.75. The quantitative estimate of drug-likeness (QED) is 0.878. The van der Waals surface area contributed by atoms with Crippen molar-refractivity contribution in [3.8, 4) is 0 Å². The highest BCUT2D eigenvalue weighted by Gasteiger charge is 2.21. The van der Waals surface area contributed by atoms with Crippen molar-refractivity contribution >= 4 is 23.2 Å². The van der Waals surface area contributed by atoms with E-state index in [-0.39, 0.29) is 11.8 Å². The maximum absolute atomic E-state index is 12.3. The van der Waals surface area contributed by atoms with Gasteiger partial charge in [0.1, 0.15) is 0 Å². The summed E-state index contributed by atoms with van der Waals surface area (Å²) in [6, 6.07) is 4.16. The molecule has 2 aliphatic carbocycles. The Balaban J connectivity index is 1.53. The van der Waals surface area contributed by atoms with E-state index in [1.165, 1.54) is 49.9 Å². The maximum Gasteiger partial charge on any atom is 0.261 e. The van der Waals surface area contributed by atoms with Crippen LogP contribution in [0.3, 0.4) is 0 Å². The normalized spacial score (nSPS) is 20.2.